The normalized spacial score (nSPS) is 15.7. The summed E-state index contributed by atoms with van der Waals surface area (Å²) in [6.07, 6.45) is 4.36. The molecule has 1 aliphatic rings. The minimum atomic E-state index is 1.16. The predicted octanol–water partition coefficient (Wildman–Crippen LogP) is 3.22. The van der Waals surface area contributed by atoms with Gasteiger partial charge in [-0.1, -0.05) is 31.6 Å². The zero-order valence-corrected chi connectivity index (χ0v) is 7.16. The SMILES string of the molecule is CC.CC1=CCSC=C1. The fourth-order valence-electron chi connectivity index (χ4n) is 0.459. The van der Waals surface area contributed by atoms with E-state index in [1.165, 1.54) is 5.57 Å². The molecule has 1 aliphatic heterocycles. The summed E-state index contributed by atoms with van der Waals surface area (Å²) < 4.78 is 0. The van der Waals surface area contributed by atoms with Crippen LogP contribution in [0.15, 0.2) is 23.1 Å². The molecule has 0 aliphatic carbocycles. The first-order valence-electron chi connectivity index (χ1n) is 3.34. The first-order chi connectivity index (χ1) is 4.39. The van der Waals surface area contributed by atoms with E-state index in [9.17, 15) is 0 Å². The molecule has 52 valence electrons. The lowest BCUT2D eigenvalue weighted by molar-refractivity contribution is 1.48. The van der Waals surface area contributed by atoms with Crippen LogP contribution in [0.25, 0.3) is 0 Å². The second kappa shape index (κ2) is 5.96. The molecule has 9 heavy (non-hydrogen) atoms. The molecule has 0 aromatic carbocycles. The Kier molecular flexibility index (Phi) is 5.85. The third-order valence-corrected chi connectivity index (χ3v) is 1.62. The van der Waals surface area contributed by atoms with Gasteiger partial charge in [-0.25, -0.2) is 0 Å². The van der Waals surface area contributed by atoms with Crippen molar-refractivity contribution in [3.05, 3.63) is 23.1 Å². The highest BCUT2D eigenvalue weighted by Gasteiger charge is 1.86. The lowest BCUT2D eigenvalue weighted by Gasteiger charge is -1.96. The molecule has 0 nitrogen and oxygen atoms in total. The lowest BCUT2D eigenvalue weighted by atomic mass is 10.3. The lowest BCUT2D eigenvalue weighted by Crippen LogP contribution is -1.76. The van der Waals surface area contributed by atoms with Crippen molar-refractivity contribution >= 4 is 11.8 Å². The van der Waals surface area contributed by atoms with Crippen molar-refractivity contribution in [2.75, 3.05) is 5.75 Å². The standard InChI is InChI=1S/C6H8S.C2H6/c1-6-2-4-7-5-3-6;1-2/h2-4H,5H2,1H3;1-2H3. The average Bonchev–Trinajstić information content (AvgIpc) is 1.94. The van der Waals surface area contributed by atoms with Crippen molar-refractivity contribution in [2.24, 2.45) is 0 Å². The Hall–Kier alpha value is -0.170. The van der Waals surface area contributed by atoms with Gasteiger partial charge in [0.05, 0.1) is 0 Å². The van der Waals surface area contributed by atoms with Gasteiger partial charge in [-0.15, -0.1) is 11.8 Å². The molecule has 0 bridgehead atoms. The van der Waals surface area contributed by atoms with E-state index in [1.807, 2.05) is 25.6 Å². The highest BCUT2D eigenvalue weighted by atomic mass is 32.2. The molecule has 0 radical (unpaired) electrons. The summed E-state index contributed by atoms with van der Waals surface area (Å²) in [4.78, 5) is 0. The molecule has 0 fully saturated rings. The topological polar surface area (TPSA) is 0 Å². The van der Waals surface area contributed by atoms with Crippen LogP contribution in [0.3, 0.4) is 0 Å². The van der Waals surface area contributed by atoms with Gasteiger partial charge in [-0.05, 0) is 12.3 Å². The van der Waals surface area contributed by atoms with Crippen molar-refractivity contribution in [3.63, 3.8) is 0 Å². The molecule has 0 N–H and O–H groups in total. The number of hydrogen-bond acceptors (Lipinski definition) is 1. The van der Waals surface area contributed by atoms with Gasteiger partial charge >= 0.3 is 0 Å². The highest BCUT2D eigenvalue weighted by Crippen LogP contribution is 2.11. The molecular formula is C8H14S. The van der Waals surface area contributed by atoms with Crippen molar-refractivity contribution < 1.29 is 0 Å². The molecule has 0 aromatic rings. The zero-order chi connectivity index (χ0) is 7.11. The molecule has 1 heteroatoms. The van der Waals surface area contributed by atoms with E-state index >= 15 is 0 Å². The molecule has 1 heterocycles. The summed E-state index contributed by atoms with van der Waals surface area (Å²) in [5, 5.41) is 2.13. The summed E-state index contributed by atoms with van der Waals surface area (Å²) in [7, 11) is 0. The van der Waals surface area contributed by atoms with Crippen LogP contribution in [0.4, 0.5) is 0 Å². The molecule has 0 saturated heterocycles. The van der Waals surface area contributed by atoms with Crippen LogP contribution in [0.5, 0.6) is 0 Å². The smallest absolute Gasteiger partial charge is 0.0160 e. The summed E-state index contributed by atoms with van der Waals surface area (Å²) in [5.41, 5.74) is 1.39. The maximum absolute atomic E-state index is 2.23. The first-order valence-corrected chi connectivity index (χ1v) is 4.39. The second-order valence-electron chi connectivity index (χ2n) is 1.58. The number of thioether (sulfide) groups is 1. The van der Waals surface area contributed by atoms with Gasteiger partial charge < -0.3 is 0 Å². The maximum atomic E-state index is 2.23. The molecule has 0 amide bonds. The Morgan fingerprint density at radius 2 is 2.11 bits per heavy atom. The fraction of sp³-hybridized carbons (Fsp3) is 0.500. The first kappa shape index (κ1) is 8.83. The highest BCUT2D eigenvalue weighted by molar-refractivity contribution is 8.02. The van der Waals surface area contributed by atoms with Gasteiger partial charge in [0.15, 0.2) is 0 Å². The van der Waals surface area contributed by atoms with E-state index in [0.717, 1.165) is 5.75 Å². The number of allylic oxidation sites excluding steroid dienone is 2. The van der Waals surface area contributed by atoms with Crippen molar-refractivity contribution in [1.82, 2.24) is 0 Å². The second-order valence-corrected chi connectivity index (χ2v) is 2.52. The van der Waals surface area contributed by atoms with Gasteiger partial charge in [-0.3, -0.25) is 0 Å². The van der Waals surface area contributed by atoms with Crippen LogP contribution in [-0.4, -0.2) is 5.75 Å². The summed E-state index contributed by atoms with van der Waals surface area (Å²) in [6.45, 7) is 6.12. The Morgan fingerprint density at radius 1 is 1.44 bits per heavy atom. The number of rotatable bonds is 0. The van der Waals surface area contributed by atoms with Crippen LogP contribution in [0, 0.1) is 0 Å². The summed E-state index contributed by atoms with van der Waals surface area (Å²) >= 11 is 1.84. The van der Waals surface area contributed by atoms with Crippen LogP contribution in [0.2, 0.25) is 0 Å². The van der Waals surface area contributed by atoms with E-state index < -0.39 is 0 Å². The van der Waals surface area contributed by atoms with Crippen LogP contribution < -0.4 is 0 Å². The molecule has 0 unspecified atom stereocenters. The minimum absolute atomic E-state index is 1.16. The molecule has 0 saturated carbocycles. The van der Waals surface area contributed by atoms with E-state index in [1.54, 1.807) is 0 Å². The largest absolute Gasteiger partial charge is 0.130 e. The van der Waals surface area contributed by atoms with E-state index in [4.69, 9.17) is 0 Å². The third-order valence-electron chi connectivity index (χ3n) is 0.929. The zero-order valence-electron chi connectivity index (χ0n) is 6.35. The molecular weight excluding hydrogens is 128 g/mol. The Bertz CT molecular complexity index is 112. The van der Waals surface area contributed by atoms with Gasteiger partial charge in [0.1, 0.15) is 0 Å². The van der Waals surface area contributed by atoms with Crippen molar-refractivity contribution in [3.8, 4) is 0 Å². The van der Waals surface area contributed by atoms with Gasteiger partial charge in [0, 0.05) is 5.75 Å². The van der Waals surface area contributed by atoms with E-state index in [2.05, 4.69) is 24.5 Å². The molecule has 0 spiro atoms. The monoisotopic (exact) mass is 142 g/mol. The van der Waals surface area contributed by atoms with E-state index in [-0.39, 0.29) is 0 Å². The van der Waals surface area contributed by atoms with Gasteiger partial charge in [0.2, 0.25) is 0 Å². The van der Waals surface area contributed by atoms with Crippen LogP contribution in [0.1, 0.15) is 20.8 Å². The average molecular weight is 142 g/mol. The minimum Gasteiger partial charge on any atom is -0.130 e. The number of hydrogen-bond donors (Lipinski definition) is 0. The maximum Gasteiger partial charge on any atom is 0.0160 e. The Morgan fingerprint density at radius 3 is 2.33 bits per heavy atom. The van der Waals surface area contributed by atoms with E-state index in [0.29, 0.717) is 0 Å². The Balaban J connectivity index is 0.000000291. The van der Waals surface area contributed by atoms with Gasteiger partial charge in [0.25, 0.3) is 0 Å². The molecule has 1 rings (SSSR count). The quantitative estimate of drug-likeness (QED) is 0.500. The molecule has 0 aromatic heterocycles. The summed E-state index contributed by atoms with van der Waals surface area (Å²) in [5.74, 6) is 1.16. The van der Waals surface area contributed by atoms with Crippen LogP contribution in [-0.2, 0) is 0 Å². The van der Waals surface area contributed by atoms with Crippen molar-refractivity contribution in [1.29, 1.82) is 0 Å². The van der Waals surface area contributed by atoms with Crippen molar-refractivity contribution in [2.45, 2.75) is 20.8 Å². The third kappa shape index (κ3) is 4.34. The predicted molar refractivity (Wildman–Crippen MR) is 46.7 cm³/mol. The molecule has 0 atom stereocenters. The fourth-order valence-corrected chi connectivity index (χ4v) is 1.24. The van der Waals surface area contributed by atoms with Crippen LogP contribution >= 0.6 is 11.8 Å². The Labute approximate surface area is 62.0 Å². The van der Waals surface area contributed by atoms with Gasteiger partial charge in [-0.2, -0.15) is 0 Å². The summed E-state index contributed by atoms with van der Waals surface area (Å²) in [6, 6.07) is 0.